The standard InChI is InChI=1S/C7H10N4O/c8-4-3-5(12)11-6(10-4)7(9)1-2-7/h3H,1-2,9H2,(H3,8,10,11,12). The highest BCUT2D eigenvalue weighted by Gasteiger charge is 2.42. The van der Waals surface area contributed by atoms with E-state index in [2.05, 4.69) is 9.97 Å². The zero-order chi connectivity index (χ0) is 8.77. The summed E-state index contributed by atoms with van der Waals surface area (Å²) in [6, 6.07) is 1.25. The van der Waals surface area contributed by atoms with Gasteiger partial charge in [-0.1, -0.05) is 0 Å². The molecule has 0 saturated heterocycles. The van der Waals surface area contributed by atoms with Crippen molar-refractivity contribution in [3.8, 4) is 0 Å². The molecule has 64 valence electrons. The number of hydrogen-bond donors (Lipinski definition) is 3. The van der Waals surface area contributed by atoms with E-state index in [1.54, 1.807) is 0 Å². The Kier molecular flexibility index (Phi) is 1.26. The van der Waals surface area contributed by atoms with Gasteiger partial charge in [0.2, 0.25) is 0 Å². The van der Waals surface area contributed by atoms with Gasteiger partial charge in [0.1, 0.15) is 11.6 Å². The topological polar surface area (TPSA) is 97.8 Å². The molecule has 0 unspecified atom stereocenters. The summed E-state index contributed by atoms with van der Waals surface area (Å²) >= 11 is 0. The Morgan fingerprint density at radius 2 is 2.25 bits per heavy atom. The first-order valence-electron chi connectivity index (χ1n) is 3.76. The van der Waals surface area contributed by atoms with E-state index >= 15 is 0 Å². The lowest BCUT2D eigenvalue weighted by molar-refractivity contribution is 0.669. The lowest BCUT2D eigenvalue weighted by Crippen LogP contribution is -2.26. The van der Waals surface area contributed by atoms with Gasteiger partial charge in [-0.2, -0.15) is 0 Å². The van der Waals surface area contributed by atoms with E-state index in [1.807, 2.05) is 0 Å². The van der Waals surface area contributed by atoms with E-state index in [4.69, 9.17) is 11.5 Å². The summed E-state index contributed by atoms with van der Waals surface area (Å²) in [6.07, 6.45) is 1.72. The fourth-order valence-electron chi connectivity index (χ4n) is 1.08. The third-order valence-corrected chi connectivity index (χ3v) is 2.02. The van der Waals surface area contributed by atoms with Gasteiger partial charge in [-0.25, -0.2) is 4.98 Å². The highest BCUT2D eigenvalue weighted by Crippen LogP contribution is 2.40. The van der Waals surface area contributed by atoms with Crippen LogP contribution in [0.15, 0.2) is 10.9 Å². The first-order valence-corrected chi connectivity index (χ1v) is 3.76. The number of H-pyrrole nitrogens is 1. The summed E-state index contributed by atoms with van der Waals surface area (Å²) in [7, 11) is 0. The van der Waals surface area contributed by atoms with Crippen molar-refractivity contribution in [2.75, 3.05) is 5.73 Å². The first kappa shape index (κ1) is 7.30. The Hall–Kier alpha value is -1.36. The molecule has 0 spiro atoms. The Morgan fingerprint density at radius 1 is 1.58 bits per heavy atom. The molecule has 0 radical (unpaired) electrons. The Bertz CT molecular complexity index is 366. The lowest BCUT2D eigenvalue weighted by Gasteiger charge is -2.06. The van der Waals surface area contributed by atoms with Crippen LogP contribution in [0.5, 0.6) is 0 Å². The van der Waals surface area contributed by atoms with Crippen LogP contribution in [0.4, 0.5) is 5.82 Å². The monoisotopic (exact) mass is 166 g/mol. The number of hydrogen-bond acceptors (Lipinski definition) is 4. The molecule has 1 aromatic heterocycles. The van der Waals surface area contributed by atoms with Crippen LogP contribution < -0.4 is 17.0 Å². The number of rotatable bonds is 1. The molecule has 1 fully saturated rings. The number of aromatic nitrogens is 2. The predicted octanol–water partition coefficient (Wildman–Crippen LogP) is -0.700. The van der Waals surface area contributed by atoms with Gasteiger partial charge >= 0.3 is 0 Å². The van der Waals surface area contributed by atoms with E-state index in [0.29, 0.717) is 5.82 Å². The fourth-order valence-corrected chi connectivity index (χ4v) is 1.08. The molecule has 5 heteroatoms. The van der Waals surface area contributed by atoms with Crippen LogP contribution in [0.25, 0.3) is 0 Å². The van der Waals surface area contributed by atoms with Gasteiger partial charge < -0.3 is 16.5 Å². The maximum atomic E-state index is 11.0. The summed E-state index contributed by atoms with van der Waals surface area (Å²) in [4.78, 5) is 17.5. The summed E-state index contributed by atoms with van der Waals surface area (Å²) in [5.74, 6) is 0.734. The molecule has 5 nitrogen and oxygen atoms in total. The fraction of sp³-hybridized carbons (Fsp3) is 0.429. The second kappa shape index (κ2) is 2.07. The molecular weight excluding hydrogens is 156 g/mol. The van der Waals surface area contributed by atoms with E-state index in [0.717, 1.165) is 12.8 Å². The third-order valence-electron chi connectivity index (χ3n) is 2.02. The smallest absolute Gasteiger partial charge is 0.253 e. The molecule has 12 heavy (non-hydrogen) atoms. The minimum Gasteiger partial charge on any atom is -0.383 e. The molecule has 1 aliphatic carbocycles. The van der Waals surface area contributed by atoms with Crippen LogP contribution in [-0.2, 0) is 5.54 Å². The van der Waals surface area contributed by atoms with Crippen molar-refractivity contribution < 1.29 is 0 Å². The van der Waals surface area contributed by atoms with E-state index in [1.165, 1.54) is 6.07 Å². The maximum absolute atomic E-state index is 11.0. The van der Waals surface area contributed by atoms with Gasteiger partial charge in [-0.05, 0) is 12.8 Å². The molecule has 0 aromatic carbocycles. The number of nitrogen functional groups attached to an aromatic ring is 1. The van der Waals surface area contributed by atoms with Gasteiger partial charge in [-0.3, -0.25) is 4.79 Å². The molecule has 0 atom stereocenters. The van der Waals surface area contributed by atoms with Gasteiger partial charge in [0.25, 0.3) is 5.56 Å². The molecule has 1 heterocycles. The highest BCUT2D eigenvalue weighted by molar-refractivity contribution is 5.28. The highest BCUT2D eigenvalue weighted by atomic mass is 16.1. The van der Waals surface area contributed by atoms with Crippen molar-refractivity contribution in [1.82, 2.24) is 9.97 Å². The molecule has 0 amide bonds. The number of aromatic amines is 1. The molecule has 1 aliphatic rings. The first-order chi connectivity index (χ1) is 5.60. The van der Waals surface area contributed by atoms with Gasteiger partial charge in [0.15, 0.2) is 0 Å². The van der Waals surface area contributed by atoms with Crippen molar-refractivity contribution in [1.29, 1.82) is 0 Å². The van der Waals surface area contributed by atoms with Gasteiger partial charge in [0, 0.05) is 6.07 Å². The summed E-state index contributed by atoms with van der Waals surface area (Å²) < 4.78 is 0. The molecule has 0 bridgehead atoms. The molecule has 5 N–H and O–H groups in total. The molecule has 1 saturated carbocycles. The predicted molar refractivity (Wildman–Crippen MR) is 44.4 cm³/mol. The minimum absolute atomic E-state index is 0.227. The third kappa shape index (κ3) is 1.08. The Balaban J connectivity index is 2.51. The second-order valence-corrected chi connectivity index (χ2v) is 3.18. The second-order valence-electron chi connectivity index (χ2n) is 3.18. The van der Waals surface area contributed by atoms with Crippen LogP contribution in [0.1, 0.15) is 18.7 Å². The molecule has 1 aromatic rings. The van der Waals surface area contributed by atoms with E-state index < -0.39 is 5.54 Å². The zero-order valence-corrected chi connectivity index (χ0v) is 6.50. The minimum atomic E-state index is -0.422. The summed E-state index contributed by atoms with van der Waals surface area (Å²) in [5, 5.41) is 0. The van der Waals surface area contributed by atoms with Crippen LogP contribution in [0.2, 0.25) is 0 Å². The van der Waals surface area contributed by atoms with Crippen molar-refractivity contribution in [3.05, 3.63) is 22.2 Å². The van der Waals surface area contributed by atoms with E-state index in [9.17, 15) is 4.79 Å². The SMILES string of the molecule is Nc1cc(=O)[nH]c(C2(N)CC2)n1. The number of anilines is 1. The average Bonchev–Trinajstić information content (AvgIpc) is 2.67. The van der Waals surface area contributed by atoms with Gasteiger partial charge in [0.05, 0.1) is 5.54 Å². The summed E-state index contributed by atoms with van der Waals surface area (Å²) in [6.45, 7) is 0. The Morgan fingerprint density at radius 3 is 2.75 bits per heavy atom. The number of nitrogens with two attached hydrogens (primary N) is 2. The quantitative estimate of drug-likeness (QED) is 0.513. The van der Waals surface area contributed by atoms with Crippen molar-refractivity contribution >= 4 is 5.82 Å². The molecular formula is C7H10N4O. The number of nitrogens with zero attached hydrogens (tertiary/aromatic N) is 1. The largest absolute Gasteiger partial charge is 0.383 e. The van der Waals surface area contributed by atoms with Gasteiger partial charge in [-0.15, -0.1) is 0 Å². The Labute approximate surface area is 68.8 Å². The molecule has 0 aliphatic heterocycles. The van der Waals surface area contributed by atoms with Crippen LogP contribution in [-0.4, -0.2) is 9.97 Å². The van der Waals surface area contributed by atoms with E-state index in [-0.39, 0.29) is 11.4 Å². The lowest BCUT2D eigenvalue weighted by atomic mass is 10.3. The zero-order valence-electron chi connectivity index (χ0n) is 6.50. The normalized spacial score (nSPS) is 19.1. The molecule has 2 rings (SSSR count). The van der Waals surface area contributed by atoms with Crippen LogP contribution >= 0.6 is 0 Å². The van der Waals surface area contributed by atoms with Crippen molar-refractivity contribution in [2.24, 2.45) is 5.73 Å². The van der Waals surface area contributed by atoms with Crippen LogP contribution in [0, 0.1) is 0 Å². The maximum Gasteiger partial charge on any atom is 0.253 e. The van der Waals surface area contributed by atoms with Crippen LogP contribution in [0.3, 0.4) is 0 Å². The van der Waals surface area contributed by atoms with Crippen molar-refractivity contribution in [2.45, 2.75) is 18.4 Å². The average molecular weight is 166 g/mol. The number of nitrogens with one attached hydrogen (secondary N) is 1. The summed E-state index contributed by atoms with van der Waals surface area (Å²) in [5.41, 5.74) is 10.6. The van der Waals surface area contributed by atoms with Crippen molar-refractivity contribution in [3.63, 3.8) is 0 Å².